The first-order chi connectivity index (χ1) is 7.04. The molecule has 0 heterocycles. The molecule has 2 rings (SSSR count). The van der Waals surface area contributed by atoms with Gasteiger partial charge in [0.1, 0.15) is 0 Å². The Kier molecular flexibility index (Phi) is 2.46. The Balaban J connectivity index is 2.58. The molecule has 0 saturated heterocycles. The third-order valence-electron chi connectivity index (χ3n) is 2.86. The Labute approximate surface area is 85.5 Å². The van der Waals surface area contributed by atoms with Crippen molar-refractivity contribution in [3.8, 4) is 0 Å². The second kappa shape index (κ2) is 3.52. The van der Waals surface area contributed by atoms with Gasteiger partial charge in [0.15, 0.2) is 0 Å². The quantitative estimate of drug-likeness (QED) is 0.765. The van der Waals surface area contributed by atoms with E-state index in [2.05, 4.69) is 0 Å². The lowest BCUT2D eigenvalue weighted by molar-refractivity contribution is -0.138. The van der Waals surface area contributed by atoms with Crippen molar-refractivity contribution < 1.29 is 18.3 Å². The molecule has 0 spiro atoms. The first-order valence-corrected chi connectivity index (χ1v) is 4.85. The van der Waals surface area contributed by atoms with E-state index >= 15 is 0 Å². The molecule has 1 aliphatic carbocycles. The van der Waals surface area contributed by atoms with Gasteiger partial charge in [-0.15, -0.1) is 0 Å². The van der Waals surface area contributed by atoms with Crippen LogP contribution in [-0.4, -0.2) is 5.11 Å². The summed E-state index contributed by atoms with van der Waals surface area (Å²) in [4.78, 5) is 0. The van der Waals surface area contributed by atoms with Crippen molar-refractivity contribution in [2.24, 2.45) is 0 Å². The zero-order valence-electron chi connectivity index (χ0n) is 8.06. The van der Waals surface area contributed by atoms with E-state index in [1.807, 2.05) is 0 Å². The Morgan fingerprint density at radius 1 is 1.20 bits per heavy atom. The molecule has 1 aromatic rings. The SMILES string of the molecule is OCc1c(C(F)(F)F)ccc2c1CCC2. The van der Waals surface area contributed by atoms with Gasteiger partial charge in [-0.3, -0.25) is 0 Å². The van der Waals surface area contributed by atoms with Gasteiger partial charge in [-0.25, -0.2) is 0 Å². The highest BCUT2D eigenvalue weighted by atomic mass is 19.4. The Morgan fingerprint density at radius 2 is 1.93 bits per heavy atom. The molecular formula is C11H11F3O. The van der Waals surface area contributed by atoms with E-state index in [0.717, 1.165) is 24.5 Å². The highest BCUT2D eigenvalue weighted by Gasteiger charge is 2.35. The molecule has 1 aliphatic rings. The van der Waals surface area contributed by atoms with Crippen LogP contribution < -0.4 is 0 Å². The number of halogens is 3. The lowest BCUT2D eigenvalue weighted by Gasteiger charge is -2.15. The molecule has 0 aliphatic heterocycles. The van der Waals surface area contributed by atoms with Gasteiger partial charge in [-0.2, -0.15) is 13.2 Å². The molecule has 1 N–H and O–H groups in total. The molecule has 4 heteroatoms. The van der Waals surface area contributed by atoms with Gasteiger partial charge in [0.2, 0.25) is 0 Å². The van der Waals surface area contributed by atoms with Crippen LogP contribution in [0.2, 0.25) is 0 Å². The topological polar surface area (TPSA) is 20.2 Å². The highest BCUT2D eigenvalue weighted by Crippen LogP contribution is 2.37. The lowest BCUT2D eigenvalue weighted by atomic mass is 9.98. The van der Waals surface area contributed by atoms with Crippen molar-refractivity contribution in [2.75, 3.05) is 0 Å². The average molecular weight is 216 g/mol. The number of benzene rings is 1. The van der Waals surface area contributed by atoms with Gasteiger partial charge in [-0.05, 0) is 42.0 Å². The molecule has 0 unspecified atom stereocenters. The second-order valence-electron chi connectivity index (χ2n) is 3.74. The van der Waals surface area contributed by atoms with Crippen molar-refractivity contribution in [1.82, 2.24) is 0 Å². The molecule has 1 nitrogen and oxygen atoms in total. The number of rotatable bonds is 1. The summed E-state index contributed by atoms with van der Waals surface area (Å²) in [5.74, 6) is 0. The number of fused-ring (bicyclic) bond motifs is 1. The second-order valence-corrected chi connectivity index (χ2v) is 3.74. The smallest absolute Gasteiger partial charge is 0.392 e. The summed E-state index contributed by atoms with van der Waals surface area (Å²) in [6.07, 6.45) is -2.02. The predicted octanol–water partition coefficient (Wildman–Crippen LogP) is 2.69. The van der Waals surface area contributed by atoms with Crippen LogP contribution in [0.1, 0.15) is 28.7 Å². The Bertz CT molecular complexity index is 382. The first-order valence-electron chi connectivity index (χ1n) is 4.85. The van der Waals surface area contributed by atoms with Gasteiger partial charge in [0.25, 0.3) is 0 Å². The van der Waals surface area contributed by atoms with Crippen LogP contribution in [0, 0.1) is 0 Å². The number of aliphatic hydroxyl groups is 1. The highest BCUT2D eigenvalue weighted by molar-refractivity contribution is 5.44. The molecule has 0 amide bonds. The van der Waals surface area contributed by atoms with E-state index in [4.69, 9.17) is 5.11 Å². The van der Waals surface area contributed by atoms with Crippen LogP contribution in [0.15, 0.2) is 12.1 Å². The molecule has 0 bridgehead atoms. The molecular weight excluding hydrogens is 205 g/mol. The van der Waals surface area contributed by atoms with E-state index in [1.165, 1.54) is 6.07 Å². The zero-order chi connectivity index (χ0) is 11.1. The largest absolute Gasteiger partial charge is 0.416 e. The van der Waals surface area contributed by atoms with E-state index in [-0.39, 0.29) is 5.56 Å². The van der Waals surface area contributed by atoms with E-state index in [1.54, 1.807) is 0 Å². The molecule has 15 heavy (non-hydrogen) atoms. The van der Waals surface area contributed by atoms with Crippen LogP contribution >= 0.6 is 0 Å². The summed E-state index contributed by atoms with van der Waals surface area (Å²) >= 11 is 0. The Hall–Kier alpha value is -1.03. The minimum atomic E-state index is -4.37. The Morgan fingerprint density at radius 3 is 2.53 bits per heavy atom. The average Bonchev–Trinajstić information content (AvgIpc) is 2.61. The molecule has 0 fully saturated rings. The van der Waals surface area contributed by atoms with Crippen LogP contribution in [0.25, 0.3) is 0 Å². The summed E-state index contributed by atoms with van der Waals surface area (Å²) in [7, 11) is 0. The minimum absolute atomic E-state index is 0.0671. The van der Waals surface area contributed by atoms with Gasteiger partial charge >= 0.3 is 6.18 Å². The van der Waals surface area contributed by atoms with E-state index in [0.29, 0.717) is 12.0 Å². The van der Waals surface area contributed by atoms with Crippen molar-refractivity contribution in [3.05, 3.63) is 34.4 Å². The van der Waals surface area contributed by atoms with Crippen LogP contribution in [0.5, 0.6) is 0 Å². The lowest BCUT2D eigenvalue weighted by Crippen LogP contribution is -2.11. The fraction of sp³-hybridized carbons (Fsp3) is 0.455. The maximum Gasteiger partial charge on any atom is 0.416 e. The zero-order valence-corrected chi connectivity index (χ0v) is 8.06. The van der Waals surface area contributed by atoms with Crippen LogP contribution in [-0.2, 0) is 25.6 Å². The molecule has 1 aromatic carbocycles. The van der Waals surface area contributed by atoms with Crippen molar-refractivity contribution in [1.29, 1.82) is 0 Å². The van der Waals surface area contributed by atoms with Crippen molar-refractivity contribution in [3.63, 3.8) is 0 Å². The standard InChI is InChI=1S/C11H11F3O/c12-11(13,14)10-5-4-7-2-1-3-8(7)9(10)6-15/h4-5,15H,1-3,6H2. The summed E-state index contributed by atoms with van der Waals surface area (Å²) < 4.78 is 37.8. The molecule has 0 radical (unpaired) electrons. The minimum Gasteiger partial charge on any atom is -0.392 e. The normalized spacial score (nSPS) is 15.5. The van der Waals surface area contributed by atoms with Gasteiger partial charge in [-0.1, -0.05) is 6.07 Å². The van der Waals surface area contributed by atoms with Crippen LogP contribution in [0.4, 0.5) is 13.2 Å². The number of aliphatic hydroxyl groups excluding tert-OH is 1. The third-order valence-corrected chi connectivity index (χ3v) is 2.86. The number of alkyl halides is 3. The van der Waals surface area contributed by atoms with Crippen molar-refractivity contribution >= 4 is 0 Å². The summed E-state index contributed by atoms with van der Waals surface area (Å²) in [5.41, 5.74) is 1.03. The van der Waals surface area contributed by atoms with E-state index < -0.39 is 18.3 Å². The van der Waals surface area contributed by atoms with E-state index in [9.17, 15) is 13.2 Å². The summed E-state index contributed by atoms with van der Waals surface area (Å²) in [6.45, 7) is -0.530. The van der Waals surface area contributed by atoms with Crippen molar-refractivity contribution in [2.45, 2.75) is 32.0 Å². The summed E-state index contributed by atoms with van der Waals surface area (Å²) in [5, 5.41) is 9.05. The number of aryl methyl sites for hydroxylation is 1. The molecule has 0 atom stereocenters. The fourth-order valence-electron chi connectivity index (χ4n) is 2.19. The first kappa shape index (κ1) is 10.5. The molecule has 0 saturated carbocycles. The fourth-order valence-corrected chi connectivity index (χ4v) is 2.19. The molecule has 82 valence electrons. The third kappa shape index (κ3) is 1.74. The maximum atomic E-state index is 12.6. The molecule has 0 aromatic heterocycles. The van der Waals surface area contributed by atoms with Crippen LogP contribution in [0.3, 0.4) is 0 Å². The van der Waals surface area contributed by atoms with Gasteiger partial charge in [0, 0.05) is 0 Å². The number of hydrogen-bond acceptors (Lipinski definition) is 1. The van der Waals surface area contributed by atoms with Gasteiger partial charge in [0.05, 0.1) is 12.2 Å². The number of hydrogen-bond donors (Lipinski definition) is 1. The monoisotopic (exact) mass is 216 g/mol. The maximum absolute atomic E-state index is 12.6. The summed E-state index contributed by atoms with van der Waals surface area (Å²) in [6, 6.07) is 2.61. The predicted molar refractivity (Wildman–Crippen MR) is 49.4 cm³/mol. The van der Waals surface area contributed by atoms with Gasteiger partial charge < -0.3 is 5.11 Å².